The van der Waals surface area contributed by atoms with Crippen LogP contribution < -0.4 is 10.6 Å². The van der Waals surface area contributed by atoms with Gasteiger partial charge in [0.15, 0.2) is 5.13 Å². The van der Waals surface area contributed by atoms with Gasteiger partial charge in [0.1, 0.15) is 5.82 Å². The Hall–Kier alpha value is -1.79. The van der Waals surface area contributed by atoms with E-state index in [0.29, 0.717) is 11.6 Å². The number of amides is 1. The lowest BCUT2D eigenvalue weighted by atomic mass is 10.1. The first kappa shape index (κ1) is 14.2. The van der Waals surface area contributed by atoms with Gasteiger partial charge >= 0.3 is 0 Å². The second-order valence-corrected chi connectivity index (χ2v) is 6.19. The number of thiazole rings is 1. The molecule has 0 bridgehead atoms. The van der Waals surface area contributed by atoms with Crippen LogP contribution >= 0.6 is 11.3 Å². The van der Waals surface area contributed by atoms with E-state index in [2.05, 4.69) is 15.6 Å². The largest absolute Gasteiger partial charge is 0.306 e. The van der Waals surface area contributed by atoms with E-state index in [1.165, 1.54) is 23.5 Å². The van der Waals surface area contributed by atoms with E-state index in [0.717, 1.165) is 29.8 Å². The third-order valence-corrected chi connectivity index (χ3v) is 4.34. The molecule has 1 saturated heterocycles. The smallest absolute Gasteiger partial charge is 0.243 e. The van der Waals surface area contributed by atoms with Crippen LogP contribution in [-0.2, 0) is 11.2 Å². The molecule has 3 rings (SSSR count). The fourth-order valence-electron chi connectivity index (χ4n) is 2.40. The van der Waals surface area contributed by atoms with Crippen molar-refractivity contribution in [1.29, 1.82) is 0 Å². The standard InChI is InChI=1S/C15H16FN3OS/c16-11-4-1-3-10(7-11)8-12-9-18-15(21-12)19-14(20)13-5-2-6-17-13/h1,3-4,7,9,13,17H,2,5-6,8H2,(H,18,19,20). The van der Waals surface area contributed by atoms with Crippen molar-refractivity contribution in [1.82, 2.24) is 10.3 Å². The van der Waals surface area contributed by atoms with Crippen molar-refractivity contribution in [3.05, 3.63) is 46.7 Å². The van der Waals surface area contributed by atoms with E-state index >= 15 is 0 Å². The van der Waals surface area contributed by atoms with Crippen molar-refractivity contribution in [2.75, 3.05) is 11.9 Å². The minimum atomic E-state index is -0.238. The third kappa shape index (κ3) is 3.65. The zero-order valence-electron chi connectivity index (χ0n) is 11.4. The second-order valence-electron chi connectivity index (χ2n) is 5.08. The maximum absolute atomic E-state index is 13.1. The number of carbonyl (C=O) groups excluding carboxylic acids is 1. The Morgan fingerprint density at radius 3 is 3.19 bits per heavy atom. The molecule has 1 aliphatic heterocycles. The van der Waals surface area contributed by atoms with E-state index in [1.807, 2.05) is 6.07 Å². The van der Waals surface area contributed by atoms with Crippen LogP contribution in [0, 0.1) is 5.82 Å². The van der Waals surface area contributed by atoms with Gasteiger partial charge in [0.2, 0.25) is 5.91 Å². The number of aromatic nitrogens is 1. The van der Waals surface area contributed by atoms with E-state index in [4.69, 9.17) is 0 Å². The van der Waals surface area contributed by atoms with Gasteiger partial charge in [-0.15, -0.1) is 11.3 Å². The van der Waals surface area contributed by atoms with Gasteiger partial charge in [-0.05, 0) is 37.1 Å². The van der Waals surface area contributed by atoms with Gasteiger partial charge in [-0.3, -0.25) is 4.79 Å². The summed E-state index contributed by atoms with van der Waals surface area (Å²) in [5, 5.41) is 6.58. The average molecular weight is 305 g/mol. The van der Waals surface area contributed by atoms with Crippen molar-refractivity contribution in [2.24, 2.45) is 0 Å². The van der Waals surface area contributed by atoms with Crippen molar-refractivity contribution >= 4 is 22.4 Å². The summed E-state index contributed by atoms with van der Waals surface area (Å²) < 4.78 is 13.1. The van der Waals surface area contributed by atoms with Gasteiger partial charge in [0.05, 0.1) is 6.04 Å². The molecule has 1 fully saturated rings. The van der Waals surface area contributed by atoms with E-state index in [-0.39, 0.29) is 17.8 Å². The summed E-state index contributed by atoms with van der Waals surface area (Å²) in [6.45, 7) is 0.890. The number of nitrogens with zero attached hydrogens (tertiary/aromatic N) is 1. The zero-order chi connectivity index (χ0) is 14.7. The second kappa shape index (κ2) is 6.32. The minimum Gasteiger partial charge on any atom is -0.306 e. The molecule has 2 aromatic rings. The molecular formula is C15H16FN3OS. The Labute approximate surface area is 126 Å². The predicted molar refractivity (Wildman–Crippen MR) is 81.0 cm³/mol. The lowest BCUT2D eigenvalue weighted by Gasteiger charge is -2.08. The summed E-state index contributed by atoms with van der Waals surface area (Å²) in [7, 11) is 0. The van der Waals surface area contributed by atoms with Crippen molar-refractivity contribution in [3.63, 3.8) is 0 Å². The molecule has 0 radical (unpaired) electrons. The van der Waals surface area contributed by atoms with Crippen LogP contribution in [0.4, 0.5) is 9.52 Å². The first-order valence-corrected chi connectivity index (χ1v) is 7.76. The number of benzene rings is 1. The number of anilines is 1. The molecule has 2 heterocycles. The highest BCUT2D eigenvalue weighted by molar-refractivity contribution is 7.15. The van der Waals surface area contributed by atoms with Crippen molar-refractivity contribution in [3.8, 4) is 0 Å². The van der Waals surface area contributed by atoms with Gasteiger partial charge in [-0.1, -0.05) is 12.1 Å². The number of halogens is 1. The quantitative estimate of drug-likeness (QED) is 0.913. The molecule has 0 aliphatic carbocycles. The molecule has 1 aliphatic rings. The van der Waals surface area contributed by atoms with Crippen molar-refractivity contribution in [2.45, 2.75) is 25.3 Å². The van der Waals surface area contributed by atoms with Crippen LogP contribution in [0.3, 0.4) is 0 Å². The summed E-state index contributed by atoms with van der Waals surface area (Å²) in [6.07, 6.45) is 4.24. The van der Waals surface area contributed by atoms with Gasteiger partial charge in [0.25, 0.3) is 0 Å². The maximum atomic E-state index is 13.1. The first-order valence-electron chi connectivity index (χ1n) is 6.94. The molecule has 1 aromatic heterocycles. The van der Waals surface area contributed by atoms with E-state index < -0.39 is 0 Å². The summed E-state index contributed by atoms with van der Waals surface area (Å²) in [6, 6.07) is 6.40. The van der Waals surface area contributed by atoms with Crippen LogP contribution in [-0.4, -0.2) is 23.5 Å². The molecule has 6 heteroatoms. The molecule has 1 atom stereocenters. The topological polar surface area (TPSA) is 54.0 Å². The fraction of sp³-hybridized carbons (Fsp3) is 0.333. The van der Waals surface area contributed by atoms with E-state index in [9.17, 15) is 9.18 Å². The number of nitrogens with one attached hydrogen (secondary N) is 2. The lowest BCUT2D eigenvalue weighted by Crippen LogP contribution is -2.35. The maximum Gasteiger partial charge on any atom is 0.243 e. The SMILES string of the molecule is O=C(Nc1ncc(Cc2cccc(F)c2)s1)C1CCCN1. The normalized spacial score (nSPS) is 17.9. The molecule has 110 valence electrons. The van der Waals surface area contributed by atoms with Crippen LogP contribution in [0.25, 0.3) is 0 Å². The van der Waals surface area contributed by atoms with Crippen molar-refractivity contribution < 1.29 is 9.18 Å². The molecule has 0 saturated carbocycles. The molecule has 4 nitrogen and oxygen atoms in total. The van der Waals surface area contributed by atoms with Gasteiger partial charge in [-0.2, -0.15) is 0 Å². The molecule has 1 aromatic carbocycles. The highest BCUT2D eigenvalue weighted by Gasteiger charge is 2.22. The summed E-state index contributed by atoms with van der Waals surface area (Å²) in [5.41, 5.74) is 0.897. The fourth-order valence-corrected chi connectivity index (χ4v) is 3.25. The third-order valence-electron chi connectivity index (χ3n) is 3.43. The highest BCUT2D eigenvalue weighted by atomic mass is 32.1. The molecule has 21 heavy (non-hydrogen) atoms. The Morgan fingerprint density at radius 1 is 1.52 bits per heavy atom. The average Bonchev–Trinajstić information content (AvgIpc) is 3.10. The summed E-state index contributed by atoms with van der Waals surface area (Å²) in [5.74, 6) is -0.267. The number of hydrogen-bond donors (Lipinski definition) is 2. The molecule has 0 spiro atoms. The van der Waals surface area contributed by atoms with Crippen LogP contribution in [0.2, 0.25) is 0 Å². The van der Waals surface area contributed by atoms with Crippen LogP contribution in [0.15, 0.2) is 30.5 Å². The Morgan fingerprint density at radius 2 is 2.43 bits per heavy atom. The van der Waals surface area contributed by atoms with Gasteiger partial charge in [-0.25, -0.2) is 9.37 Å². The Balaban J connectivity index is 1.62. The number of carbonyl (C=O) groups is 1. The van der Waals surface area contributed by atoms with Gasteiger partial charge < -0.3 is 10.6 Å². The zero-order valence-corrected chi connectivity index (χ0v) is 12.3. The highest BCUT2D eigenvalue weighted by Crippen LogP contribution is 2.22. The minimum absolute atomic E-state index is 0.0286. The lowest BCUT2D eigenvalue weighted by molar-refractivity contribution is -0.117. The summed E-state index contributed by atoms with van der Waals surface area (Å²) >= 11 is 1.43. The molecule has 2 N–H and O–H groups in total. The molecular weight excluding hydrogens is 289 g/mol. The van der Waals surface area contributed by atoms with E-state index in [1.54, 1.807) is 12.3 Å². The predicted octanol–water partition coefficient (Wildman–Crippen LogP) is 2.56. The number of rotatable bonds is 4. The molecule has 1 amide bonds. The number of hydrogen-bond acceptors (Lipinski definition) is 4. The first-order chi connectivity index (χ1) is 10.2. The van der Waals surface area contributed by atoms with Crippen LogP contribution in [0.5, 0.6) is 0 Å². The Bertz CT molecular complexity index is 637. The van der Waals surface area contributed by atoms with Gasteiger partial charge in [0, 0.05) is 17.5 Å². The monoisotopic (exact) mass is 305 g/mol. The summed E-state index contributed by atoms with van der Waals surface area (Å²) in [4.78, 5) is 17.2. The van der Waals surface area contributed by atoms with Crippen LogP contribution in [0.1, 0.15) is 23.3 Å². The molecule has 1 unspecified atom stereocenters. The Kier molecular flexibility index (Phi) is 4.26.